The lowest BCUT2D eigenvalue weighted by Gasteiger charge is -2.38. The van der Waals surface area contributed by atoms with E-state index in [4.69, 9.17) is 5.73 Å². The van der Waals surface area contributed by atoms with Crippen molar-refractivity contribution in [1.29, 1.82) is 0 Å². The molecule has 1 saturated heterocycles. The van der Waals surface area contributed by atoms with E-state index >= 15 is 0 Å². The van der Waals surface area contributed by atoms with Crippen LogP contribution in [0.5, 0.6) is 0 Å². The van der Waals surface area contributed by atoms with E-state index < -0.39 is 65.0 Å². The van der Waals surface area contributed by atoms with Gasteiger partial charge in [0.1, 0.15) is 18.1 Å². The van der Waals surface area contributed by atoms with Gasteiger partial charge in [-0.15, -0.1) is 6.58 Å². The zero-order valence-corrected chi connectivity index (χ0v) is 25.3. The number of fused-ring (bicyclic) bond motifs is 1. The molecular formula is C29H46N6O6. The summed E-state index contributed by atoms with van der Waals surface area (Å²) in [6.45, 7) is 20.3. The number of carbonyl (C=O) groups is 6. The first-order chi connectivity index (χ1) is 18.9. The lowest BCUT2D eigenvalue weighted by Crippen LogP contribution is -2.62. The Morgan fingerprint density at radius 2 is 1.71 bits per heavy atom. The van der Waals surface area contributed by atoms with E-state index in [9.17, 15) is 28.8 Å². The highest BCUT2D eigenvalue weighted by Gasteiger charge is 2.69. The number of piperidine rings is 1. The highest BCUT2D eigenvalue weighted by atomic mass is 16.2. The van der Waals surface area contributed by atoms with Gasteiger partial charge >= 0.3 is 6.03 Å². The Balaban J connectivity index is 2.31. The summed E-state index contributed by atoms with van der Waals surface area (Å²) in [6.07, 6.45) is 2.24. The van der Waals surface area contributed by atoms with Gasteiger partial charge in [-0.1, -0.05) is 60.6 Å². The minimum Gasteiger partial charge on any atom is -0.368 e. The summed E-state index contributed by atoms with van der Waals surface area (Å²) < 4.78 is 0. The summed E-state index contributed by atoms with van der Waals surface area (Å²) in [5.41, 5.74) is 4.72. The van der Waals surface area contributed by atoms with Crippen molar-refractivity contribution in [2.24, 2.45) is 28.4 Å². The standard InChI is InChI=1S/C29H46N6O6/c1-10-12-17(21(36)25(39)31-13-11-2)32-24(38)20-18-16(29(18,8)9)14-35(20)26(40)22(28(5,6)7)34-27(41)33-19(15(3)4)23(30)37/h11,16-20,22H,2-3,10,12-14H2,1,4-9H3,(H2,30,37)(H,31,39)(H,32,38)(H2,33,34,41)/t16-,17?,18-,19-,20-,22+/m0/s1. The summed E-state index contributed by atoms with van der Waals surface area (Å²) in [5.74, 6) is -3.47. The molecule has 1 aliphatic heterocycles. The third-order valence-corrected chi connectivity index (χ3v) is 8.04. The summed E-state index contributed by atoms with van der Waals surface area (Å²) in [4.78, 5) is 79.0. The largest absolute Gasteiger partial charge is 0.368 e. The Morgan fingerprint density at radius 3 is 2.20 bits per heavy atom. The summed E-state index contributed by atoms with van der Waals surface area (Å²) in [6, 6.07) is -4.91. The lowest BCUT2D eigenvalue weighted by molar-refractivity contribution is -0.145. The van der Waals surface area contributed by atoms with Gasteiger partial charge in [0.15, 0.2) is 0 Å². The molecule has 228 valence electrons. The van der Waals surface area contributed by atoms with Crippen molar-refractivity contribution in [3.05, 3.63) is 24.8 Å². The van der Waals surface area contributed by atoms with Crippen molar-refractivity contribution < 1.29 is 28.8 Å². The van der Waals surface area contributed by atoms with Crippen LogP contribution in [0.4, 0.5) is 4.79 Å². The van der Waals surface area contributed by atoms with E-state index in [2.05, 4.69) is 34.4 Å². The second-order valence-electron chi connectivity index (χ2n) is 12.7. The molecule has 6 atom stereocenters. The van der Waals surface area contributed by atoms with E-state index in [0.717, 1.165) is 0 Å². The van der Waals surface area contributed by atoms with E-state index in [1.807, 2.05) is 20.8 Å². The van der Waals surface area contributed by atoms with E-state index in [-0.39, 0.29) is 30.2 Å². The van der Waals surface area contributed by atoms with Crippen LogP contribution in [0, 0.1) is 22.7 Å². The number of urea groups is 1. The number of rotatable bonds is 13. The molecule has 1 heterocycles. The predicted molar refractivity (Wildman–Crippen MR) is 154 cm³/mol. The van der Waals surface area contributed by atoms with Gasteiger partial charge in [0.25, 0.3) is 5.91 Å². The molecule has 0 bridgehead atoms. The molecule has 0 aromatic rings. The number of amides is 6. The molecule has 6 N–H and O–H groups in total. The second-order valence-corrected chi connectivity index (χ2v) is 12.7. The number of nitrogens with zero attached hydrogens (tertiary/aromatic N) is 1. The van der Waals surface area contributed by atoms with Crippen LogP contribution in [-0.4, -0.2) is 77.6 Å². The van der Waals surface area contributed by atoms with Gasteiger partial charge in [0.2, 0.25) is 23.5 Å². The highest BCUT2D eigenvalue weighted by molar-refractivity contribution is 6.38. The molecule has 0 aromatic carbocycles. The first-order valence-corrected chi connectivity index (χ1v) is 14.0. The van der Waals surface area contributed by atoms with Crippen LogP contribution in [-0.2, 0) is 24.0 Å². The maximum absolute atomic E-state index is 14.0. The van der Waals surface area contributed by atoms with Crippen LogP contribution in [0.2, 0.25) is 0 Å². The highest BCUT2D eigenvalue weighted by Crippen LogP contribution is 2.65. The average molecular weight is 575 g/mol. The number of Topliss-reactive ketones (excluding diaryl/α,β-unsaturated/α-hetero) is 1. The smallest absolute Gasteiger partial charge is 0.316 e. The van der Waals surface area contributed by atoms with E-state index in [0.29, 0.717) is 18.5 Å². The van der Waals surface area contributed by atoms with Crippen molar-refractivity contribution in [3.8, 4) is 0 Å². The predicted octanol–water partition coefficient (Wildman–Crippen LogP) is 0.770. The van der Waals surface area contributed by atoms with Crippen molar-refractivity contribution >= 4 is 35.4 Å². The first kappa shape index (κ1) is 33.5. The second kappa shape index (κ2) is 12.9. The number of nitrogens with one attached hydrogen (secondary N) is 4. The fourth-order valence-electron chi connectivity index (χ4n) is 5.59. The van der Waals surface area contributed by atoms with Gasteiger partial charge in [-0.3, -0.25) is 24.0 Å². The first-order valence-electron chi connectivity index (χ1n) is 14.0. The quantitative estimate of drug-likeness (QED) is 0.160. The van der Waals surface area contributed by atoms with Gasteiger partial charge in [-0.2, -0.15) is 0 Å². The van der Waals surface area contributed by atoms with Crippen molar-refractivity contribution in [2.45, 2.75) is 85.5 Å². The number of likely N-dealkylation sites (tertiary alicyclic amines) is 1. The van der Waals surface area contributed by atoms with Crippen LogP contribution in [0.15, 0.2) is 24.8 Å². The molecule has 0 spiro atoms. The van der Waals surface area contributed by atoms with Gasteiger partial charge < -0.3 is 31.9 Å². The summed E-state index contributed by atoms with van der Waals surface area (Å²) in [5, 5.41) is 10.3. The molecule has 1 aliphatic carbocycles. The number of ketones is 1. The molecule has 2 fully saturated rings. The van der Waals surface area contributed by atoms with Crippen LogP contribution in [0.1, 0.15) is 61.3 Å². The molecular weight excluding hydrogens is 528 g/mol. The summed E-state index contributed by atoms with van der Waals surface area (Å²) >= 11 is 0. The third kappa shape index (κ3) is 7.53. The number of hydrogen-bond donors (Lipinski definition) is 5. The SMILES string of the molecule is C=CCNC(=O)C(=O)C(CCC)NC(=O)[C@@H]1[C@@H]2[C@H](CN1C(=O)[C@@H](NC(=O)N[C@@H](C(=C)C)C(N)=O)C(C)(C)C)C2(C)C. The van der Waals surface area contributed by atoms with E-state index in [1.54, 1.807) is 27.7 Å². The fraction of sp³-hybridized carbons (Fsp3) is 0.655. The van der Waals surface area contributed by atoms with Crippen LogP contribution in [0.25, 0.3) is 0 Å². The number of hydrogen-bond acceptors (Lipinski definition) is 6. The van der Waals surface area contributed by atoms with Crippen molar-refractivity contribution in [1.82, 2.24) is 26.2 Å². The molecule has 12 heteroatoms. The third-order valence-electron chi connectivity index (χ3n) is 8.04. The van der Waals surface area contributed by atoms with E-state index in [1.165, 1.54) is 11.0 Å². The van der Waals surface area contributed by atoms with Crippen molar-refractivity contribution in [3.63, 3.8) is 0 Å². The van der Waals surface area contributed by atoms with Crippen LogP contribution >= 0.6 is 0 Å². The Bertz CT molecular complexity index is 1100. The Labute approximate surface area is 242 Å². The molecule has 41 heavy (non-hydrogen) atoms. The molecule has 1 saturated carbocycles. The summed E-state index contributed by atoms with van der Waals surface area (Å²) in [7, 11) is 0. The molecule has 2 rings (SSSR count). The Kier molecular flexibility index (Phi) is 10.5. The topological polar surface area (TPSA) is 180 Å². The van der Waals surface area contributed by atoms with Gasteiger partial charge in [-0.25, -0.2) is 4.79 Å². The molecule has 2 aliphatic rings. The molecule has 0 aromatic heterocycles. The molecule has 6 amide bonds. The number of primary amides is 1. The number of carbonyl (C=O) groups excluding carboxylic acids is 6. The molecule has 12 nitrogen and oxygen atoms in total. The van der Waals surface area contributed by atoms with Crippen LogP contribution in [0.3, 0.4) is 0 Å². The Hall–Kier alpha value is -3.70. The normalized spacial score (nSPS) is 22.7. The maximum atomic E-state index is 14.0. The number of nitrogens with two attached hydrogens (primary N) is 1. The zero-order chi connectivity index (χ0) is 31.4. The van der Waals surface area contributed by atoms with Crippen molar-refractivity contribution in [2.75, 3.05) is 13.1 Å². The van der Waals surface area contributed by atoms with Crippen LogP contribution < -0.4 is 27.0 Å². The fourth-order valence-corrected chi connectivity index (χ4v) is 5.59. The monoisotopic (exact) mass is 574 g/mol. The van der Waals surface area contributed by atoms with Gasteiger partial charge in [-0.05, 0) is 41.6 Å². The molecule has 0 radical (unpaired) electrons. The minimum absolute atomic E-state index is 0.0514. The molecule has 1 unspecified atom stereocenters. The van der Waals surface area contributed by atoms with Gasteiger partial charge in [0, 0.05) is 13.1 Å². The lowest BCUT2D eigenvalue weighted by atomic mass is 9.85. The van der Waals surface area contributed by atoms with Gasteiger partial charge in [0.05, 0.1) is 6.04 Å². The average Bonchev–Trinajstić information content (AvgIpc) is 3.19. The Morgan fingerprint density at radius 1 is 1.10 bits per heavy atom. The maximum Gasteiger partial charge on any atom is 0.316 e. The minimum atomic E-state index is -1.12. The zero-order valence-electron chi connectivity index (χ0n) is 25.3.